The number of hydrogen-bond donors (Lipinski definition) is 2. The molecule has 2 N–H and O–H groups in total. The minimum atomic E-state index is -0.384. The van der Waals surface area contributed by atoms with Crippen molar-refractivity contribution in [3.05, 3.63) is 22.2 Å². The highest BCUT2D eigenvalue weighted by Gasteiger charge is 2.29. The molecule has 0 amide bonds. The molecule has 1 aliphatic rings. The maximum atomic E-state index is 10.9. The van der Waals surface area contributed by atoms with Gasteiger partial charge >= 0.3 is 0 Å². The van der Waals surface area contributed by atoms with Crippen molar-refractivity contribution in [1.82, 2.24) is 4.98 Å². The molecule has 1 aromatic heterocycles. The summed E-state index contributed by atoms with van der Waals surface area (Å²) in [6.45, 7) is 4.77. The standard InChI is InChI=1S/C13H20N4O2/c1-3-14-11-8-10(17(18)19)9-12(15-11)16-13(2)6-4-5-7-13/h8-9H,3-7H2,1-2H3,(H2,14,15,16). The number of hydrogen-bond acceptors (Lipinski definition) is 5. The molecule has 0 bridgehead atoms. The highest BCUT2D eigenvalue weighted by Crippen LogP contribution is 2.33. The van der Waals surface area contributed by atoms with E-state index in [1.54, 1.807) is 0 Å². The first-order valence-corrected chi connectivity index (χ1v) is 6.71. The van der Waals surface area contributed by atoms with Crippen molar-refractivity contribution in [3.8, 4) is 0 Å². The first-order valence-electron chi connectivity index (χ1n) is 6.71. The number of nitro groups is 1. The zero-order valence-corrected chi connectivity index (χ0v) is 11.4. The second-order valence-corrected chi connectivity index (χ2v) is 5.28. The topological polar surface area (TPSA) is 80.1 Å². The van der Waals surface area contributed by atoms with Gasteiger partial charge in [-0.05, 0) is 26.7 Å². The molecule has 1 saturated carbocycles. The number of nitrogens with one attached hydrogen (secondary N) is 2. The van der Waals surface area contributed by atoms with Crippen molar-refractivity contribution in [1.29, 1.82) is 0 Å². The van der Waals surface area contributed by atoms with Crippen LogP contribution < -0.4 is 10.6 Å². The van der Waals surface area contributed by atoms with E-state index < -0.39 is 0 Å². The van der Waals surface area contributed by atoms with Gasteiger partial charge in [0.05, 0.1) is 17.1 Å². The third kappa shape index (κ3) is 3.33. The molecule has 1 aliphatic carbocycles. The Labute approximate surface area is 112 Å². The fourth-order valence-corrected chi connectivity index (χ4v) is 2.55. The van der Waals surface area contributed by atoms with Crippen molar-refractivity contribution in [2.24, 2.45) is 0 Å². The highest BCUT2D eigenvalue weighted by atomic mass is 16.6. The minimum Gasteiger partial charge on any atom is -0.370 e. The number of rotatable bonds is 5. The van der Waals surface area contributed by atoms with E-state index in [4.69, 9.17) is 0 Å². The lowest BCUT2D eigenvalue weighted by atomic mass is 10.0. The van der Waals surface area contributed by atoms with Gasteiger partial charge < -0.3 is 10.6 Å². The van der Waals surface area contributed by atoms with Crippen molar-refractivity contribution < 1.29 is 4.92 Å². The van der Waals surface area contributed by atoms with Gasteiger partial charge in [0.15, 0.2) is 0 Å². The molecule has 1 fully saturated rings. The Morgan fingerprint density at radius 3 is 2.58 bits per heavy atom. The average molecular weight is 264 g/mol. The summed E-state index contributed by atoms with van der Waals surface area (Å²) in [7, 11) is 0. The van der Waals surface area contributed by atoms with E-state index in [-0.39, 0.29) is 16.1 Å². The van der Waals surface area contributed by atoms with Gasteiger partial charge in [0.2, 0.25) is 0 Å². The molecule has 0 atom stereocenters. The van der Waals surface area contributed by atoms with Crippen molar-refractivity contribution in [2.75, 3.05) is 17.2 Å². The predicted octanol–water partition coefficient (Wildman–Crippen LogP) is 3.17. The van der Waals surface area contributed by atoms with Crippen LogP contribution >= 0.6 is 0 Å². The smallest absolute Gasteiger partial charge is 0.276 e. The molecule has 104 valence electrons. The molecule has 0 aliphatic heterocycles. The van der Waals surface area contributed by atoms with Crippen LogP contribution in [0.1, 0.15) is 39.5 Å². The van der Waals surface area contributed by atoms with Crippen LogP contribution in [-0.2, 0) is 0 Å². The Bertz CT molecular complexity index is 470. The first kappa shape index (κ1) is 13.6. The van der Waals surface area contributed by atoms with Crippen molar-refractivity contribution in [3.63, 3.8) is 0 Å². The summed E-state index contributed by atoms with van der Waals surface area (Å²) < 4.78 is 0. The van der Waals surface area contributed by atoms with Crippen LogP contribution in [0.4, 0.5) is 17.3 Å². The second-order valence-electron chi connectivity index (χ2n) is 5.28. The lowest BCUT2D eigenvalue weighted by Crippen LogP contribution is -2.31. The van der Waals surface area contributed by atoms with Gasteiger partial charge in [-0.2, -0.15) is 0 Å². The van der Waals surface area contributed by atoms with E-state index in [0.717, 1.165) is 12.8 Å². The van der Waals surface area contributed by atoms with Crippen LogP contribution in [0.2, 0.25) is 0 Å². The van der Waals surface area contributed by atoms with E-state index >= 15 is 0 Å². The van der Waals surface area contributed by atoms with Crippen LogP contribution in [0.5, 0.6) is 0 Å². The Morgan fingerprint density at radius 2 is 2.00 bits per heavy atom. The molecule has 6 nitrogen and oxygen atoms in total. The number of pyridine rings is 1. The summed E-state index contributed by atoms with van der Waals surface area (Å²) in [6, 6.07) is 2.97. The SMILES string of the molecule is CCNc1cc([N+](=O)[O-])cc(NC2(C)CCCC2)n1. The van der Waals surface area contributed by atoms with Gasteiger partial charge in [-0.25, -0.2) is 4.98 Å². The number of aromatic nitrogens is 1. The molecular formula is C13H20N4O2. The Morgan fingerprint density at radius 1 is 1.37 bits per heavy atom. The zero-order valence-electron chi connectivity index (χ0n) is 11.4. The lowest BCUT2D eigenvalue weighted by Gasteiger charge is -2.26. The maximum absolute atomic E-state index is 10.9. The van der Waals surface area contributed by atoms with Crippen LogP contribution in [0, 0.1) is 10.1 Å². The largest absolute Gasteiger partial charge is 0.370 e. The molecule has 2 rings (SSSR count). The van der Waals surface area contributed by atoms with Gasteiger partial charge in [0.25, 0.3) is 5.69 Å². The minimum absolute atomic E-state index is 0.00566. The van der Waals surface area contributed by atoms with Gasteiger partial charge in [-0.15, -0.1) is 0 Å². The second kappa shape index (κ2) is 5.42. The fraction of sp³-hybridized carbons (Fsp3) is 0.615. The Kier molecular flexibility index (Phi) is 3.87. The van der Waals surface area contributed by atoms with Crippen LogP contribution in [0.15, 0.2) is 12.1 Å². The van der Waals surface area contributed by atoms with Crippen molar-refractivity contribution >= 4 is 17.3 Å². The first-order chi connectivity index (χ1) is 9.02. The van der Waals surface area contributed by atoms with Gasteiger partial charge in [0.1, 0.15) is 11.6 Å². The quantitative estimate of drug-likeness (QED) is 0.630. The average Bonchev–Trinajstić information content (AvgIpc) is 2.75. The van der Waals surface area contributed by atoms with Gasteiger partial charge in [0, 0.05) is 12.1 Å². The lowest BCUT2D eigenvalue weighted by molar-refractivity contribution is -0.384. The maximum Gasteiger partial charge on any atom is 0.276 e. The van der Waals surface area contributed by atoms with Crippen molar-refractivity contribution in [2.45, 2.75) is 45.1 Å². The molecule has 1 heterocycles. The molecule has 1 aromatic rings. The number of anilines is 2. The van der Waals surface area contributed by atoms with E-state index in [9.17, 15) is 10.1 Å². The van der Waals surface area contributed by atoms with Gasteiger partial charge in [-0.1, -0.05) is 12.8 Å². The molecule has 0 unspecified atom stereocenters. The molecule has 6 heteroatoms. The van der Waals surface area contributed by atoms with Crippen LogP contribution in [0.3, 0.4) is 0 Å². The third-order valence-electron chi connectivity index (χ3n) is 3.52. The summed E-state index contributed by atoms with van der Waals surface area (Å²) in [5.41, 5.74) is 0.0705. The fourth-order valence-electron chi connectivity index (χ4n) is 2.55. The summed E-state index contributed by atoms with van der Waals surface area (Å²) in [5.74, 6) is 1.12. The number of nitrogens with zero attached hydrogens (tertiary/aromatic N) is 2. The summed E-state index contributed by atoms with van der Waals surface area (Å²) in [5, 5.41) is 17.3. The van der Waals surface area contributed by atoms with E-state index in [1.807, 2.05) is 6.92 Å². The Hall–Kier alpha value is -1.85. The van der Waals surface area contributed by atoms with Crippen LogP contribution in [0.25, 0.3) is 0 Å². The molecule has 0 saturated heterocycles. The zero-order chi connectivity index (χ0) is 13.9. The Balaban J connectivity index is 2.25. The monoisotopic (exact) mass is 264 g/mol. The predicted molar refractivity (Wildman–Crippen MR) is 75.6 cm³/mol. The van der Waals surface area contributed by atoms with Crippen LogP contribution in [-0.4, -0.2) is 22.0 Å². The summed E-state index contributed by atoms with van der Waals surface area (Å²) >= 11 is 0. The highest BCUT2D eigenvalue weighted by molar-refractivity contribution is 5.55. The van der Waals surface area contributed by atoms with E-state index in [0.29, 0.717) is 18.2 Å². The molecule has 0 radical (unpaired) electrons. The molecular weight excluding hydrogens is 244 g/mol. The molecule has 19 heavy (non-hydrogen) atoms. The normalized spacial score (nSPS) is 17.2. The summed E-state index contributed by atoms with van der Waals surface area (Å²) in [6.07, 6.45) is 4.54. The van der Waals surface area contributed by atoms with E-state index in [2.05, 4.69) is 22.5 Å². The van der Waals surface area contributed by atoms with E-state index in [1.165, 1.54) is 25.0 Å². The van der Waals surface area contributed by atoms with Gasteiger partial charge in [-0.3, -0.25) is 10.1 Å². The molecule has 0 spiro atoms. The summed E-state index contributed by atoms with van der Waals surface area (Å²) in [4.78, 5) is 15.0. The molecule has 0 aromatic carbocycles. The third-order valence-corrected chi connectivity index (χ3v) is 3.52.